The molecule has 1 fully saturated rings. The van der Waals surface area contributed by atoms with E-state index >= 15 is 0 Å². The first-order chi connectivity index (χ1) is 11.0. The third-order valence-corrected chi connectivity index (χ3v) is 4.42. The standard InChI is InChI=1S/C18H25N5/c1-12-8-13(2)10-15(9-12)22-17-16(19)18(21-11-20-17)23-7-5-4-6-14(23)3/h8-11,14H,4-7,19H2,1-3H3,(H,20,21,22). The van der Waals surface area contributed by atoms with Crippen LogP contribution in [0.25, 0.3) is 0 Å². The number of benzene rings is 1. The quantitative estimate of drug-likeness (QED) is 0.902. The Morgan fingerprint density at radius 2 is 1.87 bits per heavy atom. The first-order valence-corrected chi connectivity index (χ1v) is 8.27. The second-order valence-corrected chi connectivity index (χ2v) is 6.50. The largest absolute Gasteiger partial charge is 0.393 e. The highest BCUT2D eigenvalue weighted by Gasteiger charge is 2.23. The summed E-state index contributed by atoms with van der Waals surface area (Å²) in [5, 5.41) is 3.35. The topological polar surface area (TPSA) is 67.1 Å². The Morgan fingerprint density at radius 3 is 2.57 bits per heavy atom. The Kier molecular flexibility index (Phi) is 4.37. The summed E-state index contributed by atoms with van der Waals surface area (Å²) in [5.74, 6) is 1.52. The second-order valence-electron chi connectivity index (χ2n) is 6.50. The first-order valence-electron chi connectivity index (χ1n) is 8.27. The Hall–Kier alpha value is -2.30. The van der Waals surface area contributed by atoms with Gasteiger partial charge in [-0.25, -0.2) is 9.97 Å². The van der Waals surface area contributed by atoms with E-state index in [1.807, 2.05) is 0 Å². The molecule has 3 N–H and O–H groups in total. The average Bonchev–Trinajstić information content (AvgIpc) is 2.49. The number of nitrogens with one attached hydrogen (secondary N) is 1. The number of aryl methyl sites for hydroxylation is 2. The monoisotopic (exact) mass is 311 g/mol. The van der Waals surface area contributed by atoms with Crippen LogP contribution in [0.2, 0.25) is 0 Å². The van der Waals surface area contributed by atoms with Crippen LogP contribution in [0.5, 0.6) is 0 Å². The summed E-state index contributed by atoms with van der Waals surface area (Å²) in [6.07, 6.45) is 5.24. The van der Waals surface area contributed by atoms with Crippen LogP contribution in [0, 0.1) is 13.8 Å². The zero-order valence-electron chi connectivity index (χ0n) is 14.1. The molecule has 0 saturated carbocycles. The number of hydrogen-bond acceptors (Lipinski definition) is 5. The molecule has 2 aromatic rings. The molecular formula is C18H25N5. The fourth-order valence-corrected chi connectivity index (χ4v) is 3.31. The summed E-state index contributed by atoms with van der Waals surface area (Å²) in [6.45, 7) is 7.41. The van der Waals surface area contributed by atoms with Crippen LogP contribution in [0.1, 0.15) is 37.3 Å². The fraction of sp³-hybridized carbons (Fsp3) is 0.444. The summed E-state index contributed by atoms with van der Waals surface area (Å²) in [4.78, 5) is 11.1. The van der Waals surface area contributed by atoms with E-state index in [9.17, 15) is 0 Å². The number of piperidine rings is 1. The molecule has 3 rings (SSSR count). The van der Waals surface area contributed by atoms with Gasteiger partial charge in [-0.1, -0.05) is 6.07 Å². The molecule has 23 heavy (non-hydrogen) atoms. The molecule has 0 spiro atoms. The fourth-order valence-electron chi connectivity index (χ4n) is 3.31. The van der Waals surface area contributed by atoms with Crippen molar-refractivity contribution in [1.29, 1.82) is 0 Å². The van der Waals surface area contributed by atoms with Crippen LogP contribution >= 0.6 is 0 Å². The van der Waals surface area contributed by atoms with E-state index in [1.54, 1.807) is 6.33 Å². The van der Waals surface area contributed by atoms with Crippen LogP contribution in [0.3, 0.4) is 0 Å². The van der Waals surface area contributed by atoms with Gasteiger partial charge in [0.05, 0.1) is 0 Å². The van der Waals surface area contributed by atoms with Gasteiger partial charge in [0.15, 0.2) is 11.6 Å². The molecule has 1 aromatic carbocycles. The molecule has 0 aliphatic carbocycles. The van der Waals surface area contributed by atoms with Crippen molar-refractivity contribution in [2.75, 3.05) is 22.5 Å². The summed E-state index contributed by atoms with van der Waals surface area (Å²) in [6, 6.07) is 6.81. The number of aromatic nitrogens is 2. The van der Waals surface area contributed by atoms with Crippen LogP contribution in [0.4, 0.5) is 23.0 Å². The maximum Gasteiger partial charge on any atom is 0.159 e. The summed E-state index contributed by atoms with van der Waals surface area (Å²) < 4.78 is 0. The van der Waals surface area contributed by atoms with Gasteiger partial charge in [0.2, 0.25) is 0 Å². The van der Waals surface area contributed by atoms with Crippen molar-refractivity contribution < 1.29 is 0 Å². The lowest BCUT2D eigenvalue weighted by Crippen LogP contribution is -2.38. The molecule has 1 aliphatic heterocycles. The van der Waals surface area contributed by atoms with Crippen molar-refractivity contribution in [1.82, 2.24) is 9.97 Å². The SMILES string of the molecule is Cc1cc(C)cc(Nc2ncnc(N3CCCCC3C)c2N)c1. The van der Waals surface area contributed by atoms with E-state index in [4.69, 9.17) is 5.73 Å². The Bertz CT molecular complexity index is 678. The molecule has 5 heteroatoms. The predicted molar refractivity (Wildman–Crippen MR) is 96.3 cm³/mol. The molecule has 1 saturated heterocycles. The van der Waals surface area contributed by atoms with Gasteiger partial charge in [0.1, 0.15) is 12.0 Å². The van der Waals surface area contributed by atoms with Crippen molar-refractivity contribution in [3.8, 4) is 0 Å². The van der Waals surface area contributed by atoms with Gasteiger partial charge >= 0.3 is 0 Å². The van der Waals surface area contributed by atoms with E-state index < -0.39 is 0 Å². The van der Waals surface area contributed by atoms with Crippen LogP contribution in [-0.2, 0) is 0 Å². The number of rotatable bonds is 3. The second kappa shape index (κ2) is 6.44. The predicted octanol–water partition coefficient (Wildman–Crippen LogP) is 3.80. The summed E-state index contributed by atoms with van der Waals surface area (Å²) in [7, 11) is 0. The lowest BCUT2D eigenvalue weighted by atomic mass is 10.0. The molecular weight excluding hydrogens is 286 g/mol. The minimum absolute atomic E-state index is 0.468. The van der Waals surface area contributed by atoms with E-state index in [1.165, 1.54) is 30.4 Å². The lowest BCUT2D eigenvalue weighted by Gasteiger charge is -2.35. The highest BCUT2D eigenvalue weighted by Crippen LogP contribution is 2.32. The molecule has 1 unspecified atom stereocenters. The molecule has 2 heterocycles. The Labute approximate surface area is 137 Å². The summed E-state index contributed by atoms with van der Waals surface area (Å²) in [5.41, 5.74) is 10.4. The molecule has 1 aliphatic rings. The zero-order valence-corrected chi connectivity index (χ0v) is 14.1. The molecule has 1 atom stereocenters. The third kappa shape index (κ3) is 3.38. The normalized spacial score (nSPS) is 18.0. The van der Waals surface area contributed by atoms with Crippen molar-refractivity contribution in [3.63, 3.8) is 0 Å². The van der Waals surface area contributed by atoms with Crippen LogP contribution in [0.15, 0.2) is 24.5 Å². The van der Waals surface area contributed by atoms with Crippen molar-refractivity contribution >= 4 is 23.0 Å². The number of nitrogens with zero attached hydrogens (tertiary/aromatic N) is 3. The van der Waals surface area contributed by atoms with E-state index in [0.29, 0.717) is 17.5 Å². The van der Waals surface area contributed by atoms with Gasteiger partial charge in [-0.05, 0) is 63.3 Å². The Morgan fingerprint density at radius 1 is 1.13 bits per heavy atom. The van der Waals surface area contributed by atoms with Crippen molar-refractivity contribution in [3.05, 3.63) is 35.7 Å². The molecule has 5 nitrogen and oxygen atoms in total. The van der Waals surface area contributed by atoms with Gasteiger partial charge in [0, 0.05) is 18.3 Å². The number of anilines is 4. The van der Waals surface area contributed by atoms with Crippen molar-refractivity contribution in [2.45, 2.75) is 46.1 Å². The van der Waals surface area contributed by atoms with Crippen LogP contribution < -0.4 is 16.0 Å². The molecule has 0 radical (unpaired) electrons. The number of hydrogen-bond donors (Lipinski definition) is 2. The smallest absolute Gasteiger partial charge is 0.159 e. The van der Waals surface area contributed by atoms with E-state index in [0.717, 1.165) is 18.1 Å². The minimum atomic E-state index is 0.468. The first kappa shape index (κ1) is 15.6. The Balaban J connectivity index is 1.90. The minimum Gasteiger partial charge on any atom is -0.393 e. The lowest BCUT2D eigenvalue weighted by molar-refractivity contribution is 0.481. The highest BCUT2D eigenvalue weighted by atomic mass is 15.2. The zero-order chi connectivity index (χ0) is 16.4. The average molecular weight is 311 g/mol. The maximum atomic E-state index is 6.37. The highest BCUT2D eigenvalue weighted by molar-refractivity contribution is 5.78. The van der Waals surface area contributed by atoms with Gasteiger partial charge < -0.3 is 16.0 Å². The van der Waals surface area contributed by atoms with Crippen LogP contribution in [-0.4, -0.2) is 22.6 Å². The van der Waals surface area contributed by atoms with E-state index in [-0.39, 0.29) is 0 Å². The molecule has 0 amide bonds. The van der Waals surface area contributed by atoms with Gasteiger partial charge in [-0.3, -0.25) is 0 Å². The number of nitrogens with two attached hydrogens (primary N) is 1. The maximum absolute atomic E-state index is 6.37. The number of nitrogen functional groups attached to an aromatic ring is 1. The van der Waals surface area contributed by atoms with Gasteiger partial charge in [-0.15, -0.1) is 0 Å². The third-order valence-electron chi connectivity index (χ3n) is 4.42. The van der Waals surface area contributed by atoms with Gasteiger partial charge in [0.25, 0.3) is 0 Å². The molecule has 1 aromatic heterocycles. The van der Waals surface area contributed by atoms with E-state index in [2.05, 4.69) is 59.2 Å². The van der Waals surface area contributed by atoms with Gasteiger partial charge in [-0.2, -0.15) is 0 Å². The molecule has 122 valence electrons. The van der Waals surface area contributed by atoms with Crippen molar-refractivity contribution in [2.24, 2.45) is 0 Å². The molecule has 0 bridgehead atoms. The summed E-state index contributed by atoms with van der Waals surface area (Å²) >= 11 is 0.